The van der Waals surface area contributed by atoms with Gasteiger partial charge in [0.1, 0.15) is 17.0 Å². The molecule has 2 aromatic carbocycles. The van der Waals surface area contributed by atoms with Crippen molar-refractivity contribution in [2.24, 2.45) is 0 Å². The number of hydrogen-bond acceptors (Lipinski definition) is 6. The highest BCUT2D eigenvalue weighted by Crippen LogP contribution is 2.19. The van der Waals surface area contributed by atoms with Gasteiger partial charge in [0.15, 0.2) is 12.3 Å². The number of aromatic nitrogens is 6. The standard InChI is InChI=1S/C25H23N7O3/c1-15-7-9-19(10-8-15)35-14-22(33)27-21-12-17(3)30-32(21)25-28-23-20(24(34)29-25)13-26-31(23)18-6-4-5-16(2)11-18/h4-13H,14H2,1-3H3,(H,27,33)(H,28,29,34). The zero-order chi connectivity index (χ0) is 24.5. The van der Waals surface area contributed by atoms with Crippen LogP contribution in [0, 0.1) is 20.8 Å². The van der Waals surface area contributed by atoms with Gasteiger partial charge in [0.05, 0.1) is 17.6 Å². The Morgan fingerprint density at radius 2 is 1.83 bits per heavy atom. The molecule has 5 aromatic rings. The van der Waals surface area contributed by atoms with Gasteiger partial charge >= 0.3 is 0 Å². The summed E-state index contributed by atoms with van der Waals surface area (Å²) < 4.78 is 8.55. The first-order valence-corrected chi connectivity index (χ1v) is 11.0. The van der Waals surface area contributed by atoms with Gasteiger partial charge in [-0.3, -0.25) is 14.6 Å². The number of carbonyl (C=O) groups is 1. The van der Waals surface area contributed by atoms with Crippen LogP contribution in [-0.4, -0.2) is 42.0 Å². The van der Waals surface area contributed by atoms with Gasteiger partial charge in [0, 0.05) is 6.07 Å². The number of aromatic amines is 1. The third kappa shape index (κ3) is 4.54. The molecule has 10 nitrogen and oxygen atoms in total. The zero-order valence-electron chi connectivity index (χ0n) is 19.4. The third-order valence-corrected chi connectivity index (χ3v) is 5.36. The Balaban J connectivity index is 1.45. The lowest BCUT2D eigenvalue weighted by Gasteiger charge is -2.10. The number of ether oxygens (including phenoxy) is 1. The van der Waals surface area contributed by atoms with Crippen molar-refractivity contribution in [2.45, 2.75) is 20.8 Å². The number of hydrogen-bond donors (Lipinski definition) is 2. The number of carbonyl (C=O) groups excluding carboxylic acids is 1. The summed E-state index contributed by atoms with van der Waals surface area (Å²) >= 11 is 0. The number of fused-ring (bicyclic) bond motifs is 1. The van der Waals surface area contributed by atoms with Crippen LogP contribution in [0.5, 0.6) is 5.75 Å². The Labute approximate surface area is 200 Å². The van der Waals surface area contributed by atoms with Crippen LogP contribution < -0.4 is 15.6 Å². The molecule has 1 amide bonds. The molecule has 0 bridgehead atoms. The minimum absolute atomic E-state index is 0.153. The second kappa shape index (κ2) is 8.90. The molecule has 0 unspecified atom stereocenters. The van der Waals surface area contributed by atoms with Gasteiger partial charge in [0.25, 0.3) is 11.5 Å². The van der Waals surface area contributed by atoms with E-state index in [0.29, 0.717) is 28.3 Å². The highest BCUT2D eigenvalue weighted by molar-refractivity contribution is 5.91. The lowest BCUT2D eigenvalue weighted by molar-refractivity contribution is -0.118. The molecule has 3 heterocycles. The van der Waals surface area contributed by atoms with Crippen molar-refractivity contribution in [3.8, 4) is 17.4 Å². The fraction of sp³-hybridized carbons (Fsp3) is 0.160. The molecular weight excluding hydrogens is 446 g/mol. The summed E-state index contributed by atoms with van der Waals surface area (Å²) in [6, 6.07) is 16.8. The zero-order valence-corrected chi connectivity index (χ0v) is 19.4. The largest absolute Gasteiger partial charge is 0.484 e. The normalized spacial score (nSPS) is 11.1. The van der Waals surface area contributed by atoms with Gasteiger partial charge < -0.3 is 10.1 Å². The average Bonchev–Trinajstić information content (AvgIpc) is 3.42. The van der Waals surface area contributed by atoms with Gasteiger partial charge in [0.2, 0.25) is 5.95 Å². The summed E-state index contributed by atoms with van der Waals surface area (Å²) in [4.78, 5) is 32.7. The van der Waals surface area contributed by atoms with E-state index < -0.39 is 0 Å². The third-order valence-electron chi connectivity index (χ3n) is 5.36. The molecule has 10 heteroatoms. The maximum atomic E-state index is 12.8. The van der Waals surface area contributed by atoms with E-state index in [1.165, 1.54) is 10.9 Å². The molecule has 0 atom stereocenters. The highest BCUT2D eigenvalue weighted by atomic mass is 16.5. The molecule has 0 saturated carbocycles. The fourth-order valence-electron chi connectivity index (χ4n) is 3.67. The molecule has 0 aliphatic rings. The van der Waals surface area contributed by atoms with Gasteiger partial charge in [-0.15, -0.1) is 0 Å². The summed E-state index contributed by atoms with van der Waals surface area (Å²) in [6.07, 6.45) is 1.48. The molecule has 0 fully saturated rings. The van der Waals surface area contributed by atoms with Crippen molar-refractivity contribution in [2.75, 3.05) is 11.9 Å². The van der Waals surface area contributed by atoms with Crippen molar-refractivity contribution in [3.05, 3.63) is 88.0 Å². The van der Waals surface area contributed by atoms with Crippen molar-refractivity contribution >= 4 is 22.8 Å². The van der Waals surface area contributed by atoms with E-state index in [2.05, 4.69) is 25.5 Å². The Morgan fingerprint density at radius 1 is 1.03 bits per heavy atom. The summed E-state index contributed by atoms with van der Waals surface area (Å²) in [5, 5.41) is 11.9. The molecule has 5 rings (SSSR count). The summed E-state index contributed by atoms with van der Waals surface area (Å²) in [7, 11) is 0. The Bertz CT molecular complexity index is 1600. The maximum Gasteiger partial charge on any atom is 0.263 e. The van der Waals surface area contributed by atoms with E-state index in [9.17, 15) is 9.59 Å². The van der Waals surface area contributed by atoms with Gasteiger partial charge in [-0.1, -0.05) is 29.8 Å². The molecule has 3 aromatic heterocycles. The van der Waals surface area contributed by atoms with Crippen molar-refractivity contribution in [1.82, 2.24) is 29.5 Å². The first kappa shape index (κ1) is 22.1. The molecule has 0 aliphatic heterocycles. The van der Waals surface area contributed by atoms with Crippen LogP contribution in [0.1, 0.15) is 16.8 Å². The molecular formula is C25H23N7O3. The van der Waals surface area contributed by atoms with Crippen molar-refractivity contribution in [3.63, 3.8) is 0 Å². The number of rotatable bonds is 6. The van der Waals surface area contributed by atoms with Crippen LogP contribution >= 0.6 is 0 Å². The van der Waals surface area contributed by atoms with E-state index in [1.807, 2.05) is 50.2 Å². The average molecular weight is 470 g/mol. The van der Waals surface area contributed by atoms with Crippen LogP contribution in [-0.2, 0) is 4.79 Å². The van der Waals surface area contributed by atoms with Crippen LogP contribution in [0.3, 0.4) is 0 Å². The predicted octanol–water partition coefficient (Wildman–Crippen LogP) is 3.24. The Hall–Kier alpha value is -4.73. The number of H-pyrrole nitrogens is 1. The van der Waals surface area contributed by atoms with Gasteiger partial charge in [-0.2, -0.15) is 19.9 Å². The van der Waals surface area contributed by atoms with Crippen LogP contribution in [0.15, 0.2) is 65.6 Å². The number of aryl methyl sites for hydroxylation is 3. The van der Waals surface area contributed by atoms with E-state index in [1.54, 1.807) is 29.8 Å². The number of benzene rings is 2. The molecule has 0 saturated heterocycles. The fourth-order valence-corrected chi connectivity index (χ4v) is 3.67. The summed E-state index contributed by atoms with van der Waals surface area (Å²) in [5.41, 5.74) is 3.58. The number of amides is 1. The summed E-state index contributed by atoms with van der Waals surface area (Å²) in [6.45, 7) is 5.55. The second-order valence-corrected chi connectivity index (χ2v) is 8.25. The van der Waals surface area contributed by atoms with E-state index in [0.717, 1.165) is 16.8 Å². The Morgan fingerprint density at radius 3 is 2.60 bits per heavy atom. The monoisotopic (exact) mass is 469 g/mol. The maximum absolute atomic E-state index is 12.8. The van der Waals surface area contributed by atoms with E-state index >= 15 is 0 Å². The highest BCUT2D eigenvalue weighted by Gasteiger charge is 2.17. The quantitative estimate of drug-likeness (QED) is 0.394. The van der Waals surface area contributed by atoms with Crippen LogP contribution in [0.4, 0.5) is 5.82 Å². The molecule has 0 aliphatic carbocycles. The van der Waals surface area contributed by atoms with E-state index in [-0.39, 0.29) is 24.0 Å². The minimum Gasteiger partial charge on any atom is -0.484 e. The van der Waals surface area contributed by atoms with E-state index in [4.69, 9.17) is 4.74 Å². The summed E-state index contributed by atoms with van der Waals surface area (Å²) in [5.74, 6) is 0.722. The lowest BCUT2D eigenvalue weighted by Crippen LogP contribution is -2.23. The first-order valence-electron chi connectivity index (χ1n) is 11.0. The molecule has 0 radical (unpaired) electrons. The van der Waals surface area contributed by atoms with Crippen LogP contribution in [0.2, 0.25) is 0 Å². The van der Waals surface area contributed by atoms with Gasteiger partial charge in [-0.25, -0.2) is 4.68 Å². The Kier molecular flexibility index (Phi) is 5.61. The number of anilines is 1. The lowest BCUT2D eigenvalue weighted by atomic mass is 10.2. The molecule has 2 N–H and O–H groups in total. The smallest absolute Gasteiger partial charge is 0.263 e. The molecule has 35 heavy (non-hydrogen) atoms. The van der Waals surface area contributed by atoms with Crippen molar-refractivity contribution < 1.29 is 9.53 Å². The second-order valence-electron chi connectivity index (χ2n) is 8.25. The SMILES string of the molecule is Cc1ccc(OCC(=O)Nc2cc(C)nn2-c2nc3c(cnn3-c3cccc(C)c3)c(=O)[nH]2)cc1. The number of nitrogens with one attached hydrogen (secondary N) is 2. The topological polar surface area (TPSA) is 120 Å². The van der Waals surface area contributed by atoms with Gasteiger partial charge in [-0.05, 0) is 50.6 Å². The first-order chi connectivity index (χ1) is 16.9. The number of nitrogens with zero attached hydrogens (tertiary/aromatic N) is 5. The minimum atomic E-state index is -0.375. The predicted molar refractivity (Wildman–Crippen MR) is 131 cm³/mol. The molecule has 176 valence electrons. The van der Waals surface area contributed by atoms with Crippen molar-refractivity contribution in [1.29, 1.82) is 0 Å². The molecule has 0 spiro atoms. The van der Waals surface area contributed by atoms with Crippen LogP contribution in [0.25, 0.3) is 22.7 Å².